The van der Waals surface area contributed by atoms with E-state index in [2.05, 4.69) is 228 Å². The standard InChI is InChI=1S/C63H37N5O/c1-2-21-42(22-3-1)67-52-30-13-10-24-44(52)46-34-33-41(37-54(46)67)61-64-62(49-29-16-20-38-17-6-7-23-43(38)49)66-63(65-61)58-59(48-27-9-8-26-47(48)57-50-28-12-15-32-56(50)69-60(57)58)68-53-31-14-11-25-45(53)51-35-39-18-4-5-19-40(39)36-55(51)68/h1-37H. The van der Waals surface area contributed by atoms with Crippen LogP contribution in [0.5, 0.6) is 0 Å². The van der Waals surface area contributed by atoms with Crippen molar-refractivity contribution in [2.75, 3.05) is 0 Å². The van der Waals surface area contributed by atoms with Crippen molar-refractivity contribution in [2.24, 2.45) is 0 Å². The molecule has 69 heavy (non-hydrogen) atoms. The highest BCUT2D eigenvalue weighted by Gasteiger charge is 2.28. The number of hydrogen-bond donors (Lipinski definition) is 0. The molecule has 0 bridgehead atoms. The molecule has 6 nitrogen and oxygen atoms in total. The number of para-hydroxylation sites is 4. The van der Waals surface area contributed by atoms with Crippen molar-refractivity contribution >= 4 is 97.9 Å². The maximum Gasteiger partial charge on any atom is 0.170 e. The fourth-order valence-corrected chi connectivity index (χ4v) is 11.1. The van der Waals surface area contributed by atoms with Crippen molar-refractivity contribution in [3.05, 3.63) is 224 Å². The molecule has 0 aliphatic carbocycles. The van der Waals surface area contributed by atoms with Crippen molar-refractivity contribution in [2.45, 2.75) is 0 Å². The van der Waals surface area contributed by atoms with Gasteiger partial charge in [-0.2, -0.15) is 0 Å². The normalized spacial score (nSPS) is 12.1. The predicted octanol–water partition coefficient (Wildman–Crippen LogP) is 16.4. The van der Waals surface area contributed by atoms with Gasteiger partial charge in [-0.05, 0) is 75.5 Å². The van der Waals surface area contributed by atoms with Gasteiger partial charge in [0.05, 0.1) is 33.3 Å². The quantitative estimate of drug-likeness (QED) is 0.173. The van der Waals surface area contributed by atoms with Crippen LogP contribution in [0.1, 0.15) is 0 Å². The maximum atomic E-state index is 7.18. The molecule has 4 heterocycles. The molecule has 6 heteroatoms. The van der Waals surface area contributed by atoms with E-state index >= 15 is 0 Å². The van der Waals surface area contributed by atoms with Crippen molar-refractivity contribution in [3.8, 4) is 45.5 Å². The van der Waals surface area contributed by atoms with Gasteiger partial charge in [0.15, 0.2) is 17.5 Å². The first-order valence-electron chi connectivity index (χ1n) is 23.4. The molecule has 320 valence electrons. The SMILES string of the molecule is c1ccc(-n2c3ccccc3c3ccc(-c4nc(-c5cccc6ccccc56)nc(-c5c(-n6c7ccccc7c7cc8ccccc8cc76)c6ccccc6c6c5oc5ccccc56)n4)cc32)cc1. The second-order valence-corrected chi connectivity index (χ2v) is 17.9. The summed E-state index contributed by atoms with van der Waals surface area (Å²) in [5, 5.41) is 13.4. The molecule has 0 aliphatic heterocycles. The van der Waals surface area contributed by atoms with Crippen molar-refractivity contribution in [1.82, 2.24) is 24.1 Å². The largest absolute Gasteiger partial charge is 0.455 e. The fraction of sp³-hybridized carbons (Fsp3) is 0. The molecule has 0 atom stereocenters. The second kappa shape index (κ2) is 14.6. The van der Waals surface area contributed by atoms with Gasteiger partial charge in [0.25, 0.3) is 0 Å². The van der Waals surface area contributed by atoms with Gasteiger partial charge in [-0.1, -0.05) is 176 Å². The third-order valence-electron chi connectivity index (χ3n) is 14.1. The summed E-state index contributed by atoms with van der Waals surface area (Å²) in [6, 6.07) is 79.6. The Balaban J connectivity index is 1.11. The lowest BCUT2D eigenvalue weighted by atomic mass is 9.96. The van der Waals surface area contributed by atoms with E-state index in [9.17, 15) is 0 Å². The minimum atomic E-state index is 0.517. The van der Waals surface area contributed by atoms with Gasteiger partial charge < -0.3 is 13.6 Å². The zero-order chi connectivity index (χ0) is 45.2. The van der Waals surface area contributed by atoms with Crippen molar-refractivity contribution in [3.63, 3.8) is 0 Å². The molecule has 0 saturated carbocycles. The number of nitrogens with zero attached hydrogens (tertiary/aromatic N) is 5. The van der Waals surface area contributed by atoms with E-state index in [1.807, 2.05) is 6.07 Å². The fourth-order valence-electron chi connectivity index (χ4n) is 11.1. The van der Waals surface area contributed by atoms with E-state index < -0.39 is 0 Å². The molecule has 15 aromatic rings. The molecular weight excluding hydrogens is 843 g/mol. The molecular formula is C63H37N5O. The molecule has 15 rings (SSSR count). The lowest BCUT2D eigenvalue weighted by Gasteiger charge is -2.18. The van der Waals surface area contributed by atoms with Crippen LogP contribution >= 0.6 is 0 Å². The van der Waals surface area contributed by atoms with E-state index in [4.69, 9.17) is 19.4 Å². The Morgan fingerprint density at radius 3 is 1.71 bits per heavy atom. The third kappa shape index (κ3) is 5.57. The Bertz CT molecular complexity index is 4610. The van der Waals surface area contributed by atoms with Gasteiger partial charge in [-0.25, -0.2) is 15.0 Å². The molecule has 0 fully saturated rings. The number of rotatable bonds is 5. The first-order chi connectivity index (χ1) is 34.2. The van der Waals surface area contributed by atoms with E-state index in [0.29, 0.717) is 17.5 Å². The first kappa shape index (κ1) is 37.8. The Morgan fingerprint density at radius 2 is 0.899 bits per heavy atom. The van der Waals surface area contributed by atoms with Crippen LogP contribution in [0, 0.1) is 0 Å². The summed E-state index contributed by atoms with van der Waals surface area (Å²) in [6.45, 7) is 0. The van der Waals surface area contributed by atoms with E-state index in [1.165, 1.54) is 16.2 Å². The number of fused-ring (bicyclic) bond motifs is 13. The molecule has 4 aromatic heterocycles. The number of benzene rings is 11. The Morgan fingerprint density at radius 1 is 0.333 bits per heavy atom. The van der Waals surface area contributed by atoms with Gasteiger partial charge in [0.1, 0.15) is 11.2 Å². The summed E-state index contributed by atoms with van der Waals surface area (Å²) >= 11 is 0. The molecule has 0 amide bonds. The summed E-state index contributed by atoms with van der Waals surface area (Å²) in [7, 11) is 0. The number of aromatic nitrogens is 5. The minimum absolute atomic E-state index is 0.517. The number of furan rings is 1. The molecule has 0 aliphatic rings. The topological polar surface area (TPSA) is 61.7 Å². The lowest BCUT2D eigenvalue weighted by molar-refractivity contribution is 0.669. The van der Waals surface area contributed by atoms with E-state index in [0.717, 1.165) is 110 Å². The summed E-state index contributed by atoms with van der Waals surface area (Å²) in [4.78, 5) is 16.7. The Kier molecular flexibility index (Phi) is 7.97. The van der Waals surface area contributed by atoms with Crippen molar-refractivity contribution in [1.29, 1.82) is 0 Å². The summed E-state index contributed by atoms with van der Waals surface area (Å²) in [5.41, 5.74) is 10.5. The van der Waals surface area contributed by atoms with Crippen LogP contribution in [0.4, 0.5) is 0 Å². The zero-order valence-electron chi connectivity index (χ0n) is 37.0. The Labute approximate surface area is 394 Å². The van der Waals surface area contributed by atoms with Crippen LogP contribution in [0.25, 0.3) is 143 Å². The number of hydrogen-bond acceptors (Lipinski definition) is 4. The van der Waals surface area contributed by atoms with Gasteiger partial charge >= 0.3 is 0 Å². The average molecular weight is 880 g/mol. The lowest BCUT2D eigenvalue weighted by Crippen LogP contribution is -2.05. The highest BCUT2D eigenvalue weighted by atomic mass is 16.3. The van der Waals surface area contributed by atoms with Crippen LogP contribution in [-0.2, 0) is 0 Å². The van der Waals surface area contributed by atoms with E-state index in [-0.39, 0.29) is 0 Å². The van der Waals surface area contributed by atoms with Gasteiger partial charge in [-0.3, -0.25) is 0 Å². The summed E-state index contributed by atoms with van der Waals surface area (Å²) < 4.78 is 11.9. The predicted molar refractivity (Wildman–Crippen MR) is 285 cm³/mol. The zero-order valence-corrected chi connectivity index (χ0v) is 37.0. The molecule has 0 unspecified atom stereocenters. The van der Waals surface area contributed by atoms with Crippen LogP contribution in [0.15, 0.2) is 229 Å². The van der Waals surface area contributed by atoms with Crippen LogP contribution in [0.3, 0.4) is 0 Å². The van der Waals surface area contributed by atoms with Crippen LogP contribution < -0.4 is 0 Å². The summed E-state index contributed by atoms with van der Waals surface area (Å²) in [5.74, 6) is 1.65. The van der Waals surface area contributed by atoms with Gasteiger partial charge in [0, 0.05) is 54.5 Å². The van der Waals surface area contributed by atoms with Crippen molar-refractivity contribution < 1.29 is 4.42 Å². The van der Waals surface area contributed by atoms with Crippen LogP contribution in [0.2, 0.25) is 0 Å². The maximum absolute atomic E-state index is 7.18. The average Bonchev–Trinajstić information content (AvgIpc) is 4.07. The smallest absolute Gasteiger partial charge is 0.170 e. The third-order valence-corrected chi connectivity index (χ3v) is 14.1. The minimum Gasteiger partial charge on any atom is -0.455 e. The second-order valence-electron chi connectivity index (χ2n) is 17.9. The monoisotopic (exact) mass is 879 g/mol. The highest BCUT2D eigenvalue weighted by molar-refractivity contribution is 6.26. The van der Waals surface area contributed by atoms with Gasteiger partial charge in [0.2, 0.25) is 0 Å². The molecule has 0 N–H and O–H groups in total. The molecule has 11 aromatic carbocycles. The molecule has 0 radical (unpaired) electrons. The highest BCUT2D eigenvalue weighted by Crippen LogP contribution is 2.48. The van der Waals surface area contributed by atoms with E-state index in [1.54, 1.807) is 0 Å². The Hall–Kier alpha value is -9.39. The van der Waals surface area contributed by atoms with Gasteiger partial charge in [-0.15, -0.1) is 0 Å². The molecule has 0 spiro atoms. The molecule has 0 saturated heterocycles. The summed E-state index contributed by atoms with van der Waals surface area (Å²) in [6.07, 6.45) is 0. The van der Waals surface area contributed by atoms with Crippen LogP contribution in [-0.4, -0.2) is 24.1 Å². The first-order valence-corrected chi connectivity index (χ1v) is 23.4.